The fraction of sp³-hybridized carbons (Fsp3) is 0.520. The van der Waals surface area contributed by atoms with E-state index in [0.29, 0.717) is 25.0 Å². The number of aliphatic hydroxyl groups is 1. The largest absolute Gasteiger partial charge is 0.496 e. The summed E-state index contributed by atoms with van der Waals surface area (Å²) in [6, 6.07) is 1.68. The first-order chi connectivity index (χ1) is 14.9. The lowest BCUT2D eigenvalue weighted by Gasteiger charge is -2.35. The molecule has 7 heteroatoms. The summed E-state index contributed by atoms with van der Waals surface area (Å²) in [7, 11) is 0.962. The number of methoxy groups -OCH3 is 2. The van der Waals surface area contributed by atoms with E-state index in [1.807, 2.05) is 19.1 Å². The standard InChI is InChI=1S/C25H36O6Si/c1-9-18(26)21-16(12-10-11-13-31-32(7,8)25(2,3)4)14-17-22(24(21)30-6)19(27)15-20(29-5)23(17)28/h10-11,14-15,18,26H,9,12-13H2,1-8H3/b11-10+. The monoisotopic (exact) mass is 460 g/mol. The number of carbonyl (C=O) groups excluding carboxylic acids is 2. The molecule has 176 valence electrons. The summed E-state index contributed by atoms with van der Waals surface area (Å²) in [6.45, 7) is 13.3. The Kier molecular flexibility index (Phi) is 8.25. The van der Waals surface area contributed by atoms with Crippen molar-refractivity contribution in [2.45, 2.75) is 64.8 Å². The minimum absolute atomic E-state index is 0.00222. The maximum atomic E-state index is 12.8. The first-order valence-electron chi connectivity index (χ1n) is 10.9. The number of ether oxygens (including phenoxy) is 2. The van der Waals surface area contributed by atoms with E-state index in [2.05, 4.69) is 33.9 Å². The third-order valence-electron chi connectivity index (χ3n) is 6.38. The van der Waals surface area contributed by atoms with E-state index < -0.39 is 14.4 Å². The van der Waals surface area contributed by atoms with Gasteiger partial charge < -0.3 is 19.0 Å². The minimum Gasteiger partial charge on any atom is -0.496 e. The van der Waals surface area contributed by atoms with Crippen LogP contribution in [0.15, 0.2) is 30.1 Å². The van der Waals surface area contributed by atoms with Gasteiger partial charge in [-0.1, -0.05) is 39.8 Å². The highest BCUT2D eigenvalue weighted by molar-refractivity contribution is 6.74. The van der Waals surface area contributed by atoms with Crippen molar-refractivity contribution in [1.82, 2.24) is 0 Å². The molecule has 0 spiro atoms. The van der Waals surface area contributed by atoms with Gasteiger partial charge in [-0.2, -0.15) is 0 Å². The quantitative estimate of drug-likeness (QED) is 0.404. The third kappa shape index (κ3) is 5.22. The zero-order valence-electron chi connectivity index (χ0n) is 20.5. The Morgan fingerprint density at radius 3 is 2.31 bits per heavy atom. The number of allylic oxidation sites excluding steroid dienone is 3. The molecule has 0 bridgehead atoms. The third-order valence-corrected chi connectivity index (χ3v) is 10.9. The van der Waals surface area contributed by atoms with Crippen molar-refractivity contribution in [3.8, 4) is 5.75 Å². The maximum absolute atomic E-state index is 12.8. The second kappa shape index (κ2) is 10.1. The summed E-state index contributed by atoms with van der Waals surface area (Å²) in [5, 5.41) is 10.8. The normalized spacial score (nSPS) is 15.6. The highest BCUT2D eigenvalue weighted by Crippen LogP contribution is 2.40. The Balaban J connectivity index is 2.42. The molecule has 0 fully saturated rings. The van der Waals surface area contributed by atoms with Gasteiger partial charge in [-0.05, 0) is 42.6 Å². The molecular formula is C25H36O6Si. The van der Waals surface area contributed by atoms with Gasteiger partial charge >= 0.3 is 0 Å². The Hall–Kier alpha value is -2.22. The molecule has 6 nitrogen and oxygen atoms in total. The van der Waals surface area contributed by atoms with Crippen LogP contribution in [-0.2, 0) is 15.6 Å². The Labute approximate surface area is 192 Å². The summed E-state index contributed by atoms with van der Waals surface area (Å²) < 4.78 is 16.8. The fourth-order valence-corrected chi connectivity index (χ4v) is 4.34. The van der Waals surface area contributed by atoms with E-state index in [0.717, 1.165) is 5.56 Å². The Morgan fingerprint density at radius 2 is 1.78 bits per heavy atom. The first kappa shape index (κ1) is 26.0. The molecule has 32 heavy (non-hydrogen) atoms. The molecule has 1 aliphatic carbocycles. The number of carbonyl (C=O) groups is 2. The summed E-state index contributed by atoms with van der Waals surface area (Å²) in [5.41, 5.74) is 1.69. The second-order valence-corrected chi connectivity index (χ2v) is 14.3. The smallest absolute Gasteiger partial charge is 0.228 e. The molecule has 0 saturated carbocycles. The van der Waals surface area contributed by atoms with Crippen molar-refractivity contribution in [2.75, 3.05) is 20.8 Å². The zero-order valence-corrected chi connectivity index (χ0v) is 21.5. The average molecular weight is 461 g/mol. The lowest BCUT2D eigenvalue weighted by molar-refractivity contribution is 0.0913. The molecule has 2 rings (SSSR count). The van der Waals surface area contributed by atoms with Gasteiger partial charge in [-0.25, -0.2) is 0 Å². The molecular weight excluding hydrogens is 424 g/mol. The maximum Gasteiger partial charge on any atom is 0.228 e. The highest BCUT2D eigenvalue weighted by Gasteiger charge is 2.37. The Bertz CT molecular complexity index is 937. The van der Waals surface area contributed by atoms with E-state index in [1.165, 1.54) is 20.3 Å². The van der Waals surface area contributed by atoms with E-state index >= 15 is 0 Å². The topological polar surface area (TPSA) is 82.1 Å². The van der Waals surface area contributed by atoms with Crippen LogP contribution < -0.4 is 4.74 Å². The van der Waals surface area contributed by atoms with Crippen molar-refractivity contribution < 1.29 is 28.6 Å². The summed E-state index contributed by atoms with van der Waals surface area (Å²) in [6.07, 6.45) is 5.18. The summed E-state index contributed by atoms with van der Waals surface area (Å²) in [4.78, 5) is 25.6. The van der Waals surface area contributed by atoms with Gasteiger partial charge in [0.05, 0.1) is 32.5 Å². The van der Waals surface area contributed by atoms with Crippen LogP contribution in [0.25, 0.3) is 0 Å². The van der Waals surface area contributed by atoms with Gasteiger partial charge in [0, 0.05) is 17.2 Å². The van der Waals surface area contributed by atoms with Crippen molar-refractivity contribution in [3.63, 3.8) is 0 Å². The van der Waals surface area contributed by atoms with Crippen LogP contribution >= 0.6 is 0 Å². The number of fused-ring (bicyclic) bond motifs is 1. The number of ketones is 2. The van der Waals surface area contributed by atoms with Crippen molar-refractivity contribution in [1.29, 1.82) is 0 Å². The molecule has 0 aliphatic heterocycles. The lowest BCUT2D eigenvalue weighted by atomic mass is 9.85. The number of Topliss-reactive ketones (excluding diaryl/α,β-unsaturated/α-hetero) is 1. The van der Waals surface area contributed by atoms with Crippen LogP contribution in [0, 0.1) is 0 Å². The number of hydrogen-bond acceptors (Lipinski definition) is 6. The molecule has 1 N–H and O–H groups in total. The van der Waals surface area contributed by atoms with Gasteiger partial charge in [-0.3, -0.25) is 9.59 Å². The second-order valence-electron chi connectivity index (χ2n) is 9.48. The van der Waals surface area contributed by atoms with Crippen LogP contribution in [0.1, 0.15) is 72.1 Å². The lowest BCUT2D eigenvalue weighted by Crippen LogP contribution is -2.40. The molecule has 0 amide bonds. The summed E-state index contributed by atoms with van der Waals surface area (Å²) >= 11 is 0. The van der Waals surface area contributed by atoms with E-state index in [4.69, 9.17) is 13.9 Å². The first-order valence-corrected chi connectivity index (χ1v) is 13.9. The van der Waals surface area contributed by atoms with Gasteiger partial charge in [0.25, 0.3) is 0 Å². The average Bonchev–Trinajstić information content (AvgIpc) is 2.73. The van der Waals surface area contributed by atoms with Crippen LogP contribution in [0.5, 0.6) is 5.75 Å². The molecule has 0 aromatic heterocycles. The van der Waals surface area contributed by atoms with E-state index in [-0.39, 0.29) is 39.2 Å². The summed E-state index contributed by atoms with van der Waals surface area (Å²) in [5.74, 6) is -0.493. The molecule has 1 atom stereocenters. The predicted octanol–water partition coefficient (Wildman–Crippen LogP) is 5.17. The van der Waals surface area contributed by atoms with E-state index in [9.17, 15) is 14.7 Å². The van der Waals surface area contributed by atoms with Crippen LogP contribution in [0.4, 0.5) is 0 Å². The Morgan fingerprint density at radius 1 is 1.12 bits per heavy atom. The van der Waals surface area contributed by atoms with Crippen molar-refractivity contribution >= 4 is 19.9 Å². The molecule has 1 aliphatic rings. The number of hydrogen-bond donors (Lipinski definition) is 1. The zero-order chi connectivity index (χ0) is 24.3. The van der Waals surface area contributed by atoms with Crippen molar-refractivity contribution in [3.05, 3.63) is 52.3 Å². The van der Waals surface area contributed by atoms with Gasteiger partial charge in [0.1, 0.15) is 5.75 Å². The van der Waals surface area contributed by atoms with Gasteiger partial charge in [0.15, 0.2) is 19.9 Å². The van der Waals surface area contributed by atoms with Gasteiger partial charge in [0.2, 0.25) is 5.78 Å². The molecule has 1 aromatic rings. The number of aliphatic hydroxyl groups excluding tert-OH is 1. The highest BCUT2D eigenvalue weighted by atomic mass is 28.4. The molecule has 1 unspecified atom stereocenters. The van der Waals surface area contributed by atoms with Crippen molar-refractivity contribution in [2.24, 2.45) is 0 Å². The van der Waals surface area contributed by atoms with Crippen LogP contribution in [0.2, 0.25) is 18.1 Å². The fourth-order valence-electron chi connectivity index (χ4n) is 3.39. The SMILES string of the molecule is CCC(O)c1c(C/C=C/CO[Si](C)(C)C(C)(C)C)cc2c(c1OC)C(=O)C=C(OC)C2=O. The van der Waals surface area contributed by atoms with E-state index in [1.54, 1.807) is 6.07 Å². The predicted molar refractivity (Wildman–Crippen MR) is 128 cm³/mol. The number of benzene rings is 1. The van der Waals surface area contributed by atoms with Crippen LogP contribution in [-0.4, -0.2) is 45.8 Å². The van der Waals surface area contributed by atoms with Crippen LogP contribution in [0.3, 0.4) is 0 Å². The number of rotatable bonds is 9. The molecule has 1 aromatic carbocycles. The molecule has 0 saturated heterocycles. The molecule has 0 radical (unpaired) electrons. The molecule has 0 heterocycles. The minimum atomic E-state index is -1.85. The van der Waals surface area contributed by atoms with Gasteiger partial charge in [-0.15, -0.1) is 0 Å².